The smallest absolute Gasteiger partial charge is 0.309 e. The Kier molecular flexibility index (Phi) is 3.50. The number of unbranched alkanes of at least 4 members (excludes halogenated alkanes) is 1. The largest absolute Gasteiger partial charge is 0.465 e. The van der Waals surface area contributed by atoms with Gasteiger partial charge < -0.3 is 14.9 Å². The van der Waals surface area contributed by atoms with Crippen molar-refractivity contribution in [3.8, 4) is 0 Å². The minimum Gasteiger partial charge on any atom is -0.465 e. The minimum atomic E-state index is -0.734. The number of rotatable bonds is 4. The Morgan fingerprint density at radius 3 is 2.62 bits per heavy atom. The molecular weight excluding hydrogens is 208 g/mol. The number of aliphatic hydroxyl groups excluding tert-OH is 2. The van der Waals surface area contributed by atoms with Crippen LogP contribution >= 0.6 is 0 Å². The number of carbonyl (C=O) groups is 1. The van der Waals surface area contributed by atoms with Crippen LogP contribution in [0.2, 0.25) is 0 Å². The zero-order chi connectivity index (χ0) is 11.7. The quantitative estimate of drug-likeness (QED) is 0.549. The lowest BCUT2D eigenvalue weighted by molar-refractivity contribution is -0.154. The summed E-state index contributed by atoms with van der Waals surface area (Å²) in [7, 11) is 0. The zero-order valence-electron chi connectivity index (χ0n) is 9.63. The Morgan fingerprint density at radius 1 is 1.31 bits per heavy atom. The van der Waals surface area contributed by atoms with E-state index >= 15 is 0 Å². The van der Waals surface area contributed by atoms with Gasteiger partial charge in [0.25, 0.3) is 0 Å². The molecule has 4 nitrogen and oxygen atoms in total. The number of aliphatic hydroxyl groups is 2. The first-order valence-electron chi connectivity index (χ1n) is 6.18. The lowest BCUT2D eigenvalue weighted by atomic mass is 9.85. The lowest BCUT2D eigenvalue weighted by Gasteiger charge is -2.28. The third-order valence-electron chi connectivity index (χ3n) is 3.96. The van der Waals surface area contributed by atoms with E-state index in [1.54, 1.807) is 0 Å². The van der Waals surface area contributed by atoms with E-state index in [0.29, 0.717) is 13.0 Å². The van der Waals surface area contributed by atoms with Crippen LogP contribution in [0, 0.1) is 17.8 Å². The molecule has 4 heteroatoms. The molecule has 0 spiro atoms. The SMILES string of the molecule is CCCCOC(=O)C1CC2CC1C(O)C2O. The van der Waals surface area contributed by atoms with Crippen LogP contribution in [0.15, 0.2) is 0 Å². The third-order valence-corrected chi connectivity index (χ3v) is 3.96. The second-order valence-corrected chi connectivity index (χ2v) is 5.00. The number of hydrogen-bond donors (Lipinski definition) is 2. The molecule has 5 unspecified atom stereocenters. The molecule has 2 fully saturated rings. The third kappa shape index (κ3) is 1.96. The van der Waals surface area contributed by atoms with Crippen LogP contribution in [0.3, 0.4) is 0 Å². The highest BCUT2D eigenvalue weighted by molar-refractivity contribution is 5.73. The predicted molar refractivity (Wildman–Crippen MR) is 57.6 cm³/mol. The van der Waals surface area contributed by atoms with Crippen molar-refractivity contribution in [1.29, 1.82) is 0 Å². The normalized spacial score (nSPS) is 41.3. The van der Waals surface area contributed by atoms with Crippen molar-refractivity contribution in [2.24, 2.45) is 17.8 Å². The van der Waals surface area contributed by atoms with Crippen molar-refractivity contribution in [1.82, 2.24) is 0 Å². The van der Waals surface area contributed by atoms with Crippen LogP contribution in [0.4, 0.5) is 0 Å². The number of esters is 1. The van der Waals surface area contributed by atoms with Gasteiger partial charge in [0.2, 0.25) is 0 Å². The highest BCUT2D eigenvalue weighted by atomic mass is 16.5. The molecule has 0 aliphatic heterocycles. The van der Waals surface area contributed by atoms with Gasteiger partial charge in [-0.05, 0) is 25.2 Å². The first-order chi connectivity index (χ1) is 7.65. The summed E-state index contributed by atoms with van der Waals surface area (Å²) in [5.74, 6) is -0.384. The van der Waals surface area contributed by atoms with Gasteiger partial charge in [0.15, 0.2) is 0 Å². The molecule has 2 N–H and O–H groups in total. The van der Waals surface area contributed by atoms with Gasteiger partial charge >= 0.3 is 5.97 Å². The lowest BCUT2D eigenvalue weighted by Crippen LogP contribution is -2.39. The average Bonchev–Trinajstić information content (AvgIpc) is 2.80. The molecule has 0 saturated heterocycles. The first-order valence-corrected chi connectivity index (χ1v) is 6.18. The van der Waals surface area contributed by atoms with E-state index < -0.39 is 12.2 Å². The molecule has 0 radical (unpaired) electrons. The number of ether oxygens (including phenoxy) is 1. The fraction of sp³-hybridized carbons (Fsp3) is 0.917. The Balaban J connectivity index is 1.86. The molecule has 0 aromatic carbocycles. The fourth-order valence-electron chi connectivity index (χ4n) is 2.99. The van der Waals surface area contributed by atoms with Crippen molar-refractivity contribution in [3.63, 3.8) is 0 Å². The van der Waals surface area contributed by atoms with Gasteiger partial charge in [-0.1, -0.05) is 13.3 Å². The summed E-state index contributed by atoms with van der Waals surface area (Å²) in [5, 5.41) is 19.3. The van der Waals surface area contributed by atoms with Crippen LogP contribution in [0.5, 0.6) is 0 Å². The molecule has 0 aromatic rings. The summed E-state index contributed by atoms with van der Waals surface area (Å²) in [6.07, 6.45) is 1.96. The first kappa shape index (κ1) is 11.9. The fourth-order valence-corrected chi connectivity index (χ4v) is 2.99. The molecule has 92 valence electrons. The highest BCUT2D eigenvalue weighted by Crippen LogP contribution is 2.48. The maximum Gasteiger partial charge on any atom is 0.309 e. The topological polar surface area (TPSA) is 66.8 Å². The number of hydrogen-bond acceptors (Lipinski definition) is 4. The molecule has 0 amide bonds. The van der Waals surface area contributed by atoms with Crippen LogP contribution in [-0.4, -0.2) is 35.0 Å². The Morgan fingerprint density at radius 2 is 2.06 bits per heavy atom. The Labute approximate surface area is 95.6 Å². The summed E-state index contributed by atoms with van der Waals surface area (Å²) < 4.78 is 5.17. The summed E-state index contributed by atoms with van der Waals surface area (Å²) in [5.41, 5.74) is 0. The Hall–Kier alpha value is -0.610. The number of carbonyl (C=O) groups excluding carboxylic acids is 1. The summed E-state index contributed by atoms with van der Waals surface area (Å²) in [6.45, 7) is 2.52. The molecule has 2 bridgehead atoms. The monoisotopic (exact) mass is 228 g/mol. The minimum absolute atomic E-state index is 0.0868. The molecule has 0 aromatic heterocycles. The van der Waals surface area contributed by atoms with Crippen molar-refractivity contribution in [2.45, 2.75) is 44.8 Å². The van der Waals surface area contributed by atoms with Gasteiger partial charge in [-0.2, -0.15) is 0 Å². The van der Waals surface area contributed by atoms with E-state index in [4.69, 9.17) is 4.74 Å². The van der Waals surface area contributed by atoms with Gasteiger partial charge in [-0.25, -0.2) is 0 Å². The van der Waals surface area contributed by atoms with Gasteiger partial charge in [-0.3, -0.25) is 4.79 Å². The summed E-state index contributed by atoms with van der Waals surface area (Å²) >= 11 is 0. The standard InChI is InChI=1S/C12H20O4/c1-2-3-4-16-12(15)9-6-7-5-8(9)11(14)10(7)13/h7-11,13-14H,2-6H2,1H3. The molecule has 2 rings (SSSR count). The van der Waals surface area contributed by atoms with Gasteiger partial charge in [-0.15, -0.1) is 0 Å². The average molecular weight is 228 g/mol. The van der Waals surface area contributed by atoms with Gasteiger partial charge in [0.1, 0.15) is 0 Å². The second-order valence-electron chi connectivity index (χ2n) is 5.00. The Bertz CT molecular complexity index is 264. The summed E-state index contributed by atoms with van der Waals surface area (Å²) in [6, 6.07) is 0. The summed E-state index contributed by atoms with van der Waals surface area (Å²) in [4.78, 5) is 11.7. The molecule has 2 saturated carbocycles. The van der Waals surface area contributed by atoms with E-state index in [2.05, 4.69) is 0 Å². The van der Waals surface area contributed by atoms with E-state index in [0.717, 1.165) is 19.3 Å². The van der Waals surface area contributed by atoms with E-state index in [1.165, 1.54) is 0 Å². The second kappa shape index (κ2) is 4.72. The van der Waals surface area contributed by atoms with Crippen molar-refractivity contribution < 1.29 is 19.7 Å². The van der Waals surface area contributed by atoms with Crippen molar-refractivity contribution >= 4 is 5.97 Å². The highest BCUT2D eigenvalue weighted by Gasteiger charge is 2.54. The van der Waals surface area contributed by atoms with Gasteiger partial charge in [0.05, 0.1) is 24.7 Å². The van der Waals surface area contributed by atoms with Gasteiger partial charge in [0, 0.05) is 5.92 Å². The van der Waals surface area contributed by atoms with Crippen LogP contribution in [0.25, 0.3) is 0 Å². The molecule has 2 aliphatic rings. The van der Waals surface area contributed by atoms with E-state index in [1.807, 2.05) is 6.92 Å². The van der Waals surface area contributed by atoms with Crippen LogP contribution in [0.1, 0.15) is 32.6 Å². The van der Waals surface area contributed by atoms with E-state index in [-0.39, 0.29) is 23.7 Å². The predicted octanol–water partition coefficient (Wildman–Crippen LogP) is 0.707. The zero-order valence-corrected chi connectivity index (χ0v) is 9.63. The maximum absolute atomic E-state index is 11.7. The molecule has 5 atom stereocenters. The molecule has 0 heterocycles. The molecular formula is C12H20O4. The molecule has 16 heavy (non-hydrogen) atoms. The molecule has 2 aliphatic carbocycles. The van der Waals surface area contributed by atoms with Crippen molar-refractivity contribution in [2.75, 3.05) is 6.61 Å². The van der Waals surface area contributed by atoms with Crippen LogP contribution < -0.4 is 0 Å². The maximum atomic E-state index is 11.7. The van der Waals surface area contributed by atoms with Crippen molar-refractivity contribution in [3.05, 3.63) is 0 Å². The number of fused-ring (bicyclic) bond motifs is 2. The van der Waals surface area contributed by atoms with Crippen LogP contribution in [-0.2, 0) is 9.53 Å². The van der Waals surface area contributed by atoms with E-state index in [9.17, 15) is 15.0 Å².